The largest absolute Gasteiger partial charge is 0.391 e. The molecule has 0 aromatic heterocycles. The van der Waals surface area contributed by atoms with Gasteiger partial charge in [0, 0.05) is 8.04 Å². The summed E-state index contributed by atoms with van der Waals surface area (Å²) in [6.45, 7) is 0. The summed E-state index contributed by atoms with van der Waals surface area (Å²) in [6, 6.07) is 5.67. The highest BCUT2D eigenvalue weighted by Gasteiger charge is 2.38. The molecule has 3 N–H and O–H groups in total. The van der Waals surface area contributed by atoms with Crippen molar-refractivity contribution in [2.45, 2.75) is 31.2 Å². The van der Waals surface area contributed by atoms with E-state index in [4.69, 9.17) is 18.0 Å². The van der Waals surface area contributed by atoms with Gasteiger partial charge in [-0.1, -0.05) is 25.1 Å². The summed E-state index contributed by atoms with van der Waals surface area (Å²) in [6.07, 6.45) is 3.75. The lowest BCUT2D eigenvalue weighted by molar-refractivity contribution is 0.0923. The monoisotopic (exact) mass is 452 g/mol. The van der Waals surface area contributed by atoms with Crippen LogP contribution in [-0.2, 0) is 0 Å². The van der Waals surface area contributed by atoms with E-state index in [2.05, 4.69) is 43.8 Å². The van der Waals surface area contributed by atoms with Crippen molar-refractivity contribution >= 4 is 61.6 Å². The molecular weight excluding hydrogens is 439 g/mol. The zero-order valence-electron chi connectivity index (χ0n) is 10.2. The van der Waals surface area contributed by atoms with Gasteiger partial charge in [-0.05, 0) is 69.6 Å². The van der Waals surface area contributed by atoms with Crippen molar-refractivity contribution in [1.82, 2.24) is 5.32 Å². The van der Waals surface area contributed by atoms with Crippen LogP contribution in [0.4, 0.5) is 0 Å². The number of hydrogen-bond donors (Lipinski definition) is 2. The van der Waals surface area contributed by atoms with Crippen molar-refractivity contribution in [3.8, 4) is 0 Å². The number of nitrogens with one attached hydrogen (secondary N) is 1. The van der Waals surface area contributed by atoms with Gasteiger partial charge in [0.05, 0.1) is 16.1 Å². The van der Waals surface area contributed by atoms with Crippen LogP contribution >= 0.6 is 50.7 Å². The quantitative estimate of drug-likeness (QED) is 0.546. The van der Waals surface area contributed by atoms with Crippen LogP contribution in [0, 0.1) is 3.57 Å². The van der Waals surface area contributed by atoms with Gasteiger partial charge in [-0.3, -0.25) is 4.79 Å². The van der Waals surface area contributed by atoms with Gasteiger partial charge < -0.3 is 11.1 Å². The normalized spacial score (nSPS) is 17.2. The molecule has 1 aromatic rings. The lowest BCUT2D eigenvalue weighted by Gasteiger charge is -2.29. The fourth-order valence-electron chi connectivity index (χ4n) is 2.37. The van der Waals surface area contributed by atoms with E-state index in [0.29, 0.717) is 10.6 Å². The van der Waals surface area contributed by atoms with E-state index in [1.165, 1.54) is 0 Å². The van der Waals surface area contributed by atoms with Gasteiger partial charge in [-0.15, -0.1) is 0 Å². The lowest BCUT2D eigenvalue weighted by atomic mass is 9.97. The molecule has 0 atom stereocenters. The Morgan fingerprint density at radius 2 is 2.05 bits per heavy atom. The molecule has 1 saturated carbocycles. The van der Waals surface area contributed by atoms with Crippen LogP contribution in [0.2, 0.25) is 0 Å². The second kappa shape index (κ2) is 6.05. The second-order valence-electron chi connectivity index (χ2n) is 4.73. The Morgan fingerprint density at radius 1 is 1.42 bits per heavy atom. The van der Waals surface area contributed by atoms with E-state index < -0.39 is 5.54 Å². The van der Waals surface area contributed by atoms with Crippen molar-refractivity contribution in [1.29, 1.82) is 0 Å². The Morgan fingerprint density at radius 3 is 2.63 bits per heavy atom. The van der Waals surface area contributed by atoms with Gasteiger partial charge >= 0.3 is 0 Å². The maximum Gasteiger partial charge on any atom is 0.253 e. The van der Waals surface area contributed by atoms with Gasteiger partial charge in [0.25, 0.3) is 5.91 Å². The average molecular weight is 453 g/mol. The van der Waals surface area contributed by atoms with E-state index in [9.17, 15) is 4.79 Å². The predicted molar refractivity (Wildman–Crippen MR) is 92.3 cm³/mol. The van der Waals surface area contributed by atoms with Gasteiger partial charge in [0.2, 0.25) is 0 Å². The maximum absolute atomic E-state index is 12.4. The minimum absolute atomic E-state index is 0.125. The van der Waals surface area contributed by atoms with Gasteiger partial charge in [-0.25, -0.2) is 0 Å². The average Bonchev–Trinajstić information content (AvgIpc) is 2.82. The Hall–Kier alpha value is -0.210. The molecule has 0 unspecified atom stereocenters. The minimum Gasteiger partial charge on any atom is -0.391 e. The zero-order valence-corrected chi connectivity index (χ0v) is 14.8. The van der Waals surface area contributed by atoms with Gasteiger partial charge in [0.1, 0.15) is 0 Å². The van der Waals surface area contributed by atoms with E-state index in [1.807, 2.05) is 18.2 Å². The maximum atomic E-state index is 12.4. The number of benzene rings is 1. The lowest BCUT2D eigenvalue weighted by Crippen LogP contribution is -2.54. The summed E-state index contributed by atoms with van der Waals surface area (Å²) in [4.78, 5) is 12.8. The molecule has 1 fully saturated rings. The fraction of sp³-hybridized carbons (Fsp3) is 0.385. The van der Waals surface area contributed by atoms with Crippen LogP contribution in [0.15, 0.2) is 22.7 Å². The number of halogens is 2. The van der Waals surface area contributed by atoms with Crippen LogP contribution in [0.25, 0.3) is 0 Å². The Bertz CT molecular complexity index is 529. The molecule has 0 radical (unpaired) electrons. The summed E-state index contributed by atoms with van der Waals surface area (Å²) in [5, 5.41) is 3.04. The molecule has 102 valence electrons. The van der Waals surface area contributed by atoms with Crippen LogP contribution < -0.4 is 11.1 Å². The fourth-order valence-corrected chi connectivity index (χ4v) is 3.54. The highest BCUT2D eigenvalue weighted by molar-refractivity contribution is 14.1. The molecule has 19 heavy (non-hydrogen) atoms. The third kappa shape index (κ3) is 3.28. The highest BCUT2D eigenvalue weighted by Crippen LogP contribution is 2.31. The molecule has 0 heterocycles. The smallest absolute Gasteiger partial charge is 0.253 e. The number of nitrogens with two attached hydrogens (primary N) is 1. The Kier molecular flexibility index (Phi) is 4.84. The van der Waals surface area contributed by atoms with Crippen LogP contribution in [0.3, 0.4) is 0 Å². The molecular formula is C13H14BrIN2OS. The molecule has 0 saturated heterocycles. The van der Waals surface area contributed by atoms with Crippen molar-refractivity contribution in [3.05, 3.63) is 31.8 Å². The third-order valence-electron chi connectivity index (χ3n) is 3.45. The van der Waals surface area contributed by atoms with Gasteiger partial charge in [-0.2, -0.15) is 0 Å². The first-order valence-electron chi connectivity index (χ1n) is 6.02. The van der Waals surface area contributed by atoms with Crippen LogP contribution in [0.1, 0.15) is 36.0 Å². The highest BCUT2D eigenvalue weighted by atomic mass is 127. The molecule has 1 amide bonds. The Labute approximate surface area is 140 Å². The minimum atomic E-state index is -0.507. The van der Waals surface area contributed by atoms with Crippen molar-refractivity contribution < 1.29 is 4.79 Å². The molecule has 1 aromatic carbocycles. The number of hydrogen-bond acceptors (Lipinski definition) is 2. The third-order valence-corrected chi connectivity index (χ3v) is 5.21. The molecule has 2 rings (SSSR count). The summed E-state index contributed by atoms with van der Waals surface area (Å²) >= 11 is 10.7. The molecule has 1 aliphatic rings. The second-order valence-corrected chi connectivity index (χ2v) is 7.27. The van der Waals surface area contributed by atoms with Crippen LogP contribution in [-0.4, -0.2) is 16.4 Å². The predicted octanol–water partition coefficient (Wildman–Crippen LogP) is 3.38. The molecule has 1 aliphatic carbocycles. The zero-order chi connectivity index (χ0) is 14.0. The molecule has 0 bridgehead atoms. The molecule has 0 aliphatic heterocycles. The summed E-state index contributed by atoms with van der Waals surface area (Å²) < 4.78 is 1.79. The summed E-state index contributed by atoms with van der Waals surface area (Å²) in [5.74, 6) is -0.125. The van der Waals surface area contributed by atoms with E-state index in [-0.39, 0.29) is 5.91 Å². The summed E-state index contributed by atoms with van der Waals surface area (Å²) in [5.41, 5.74) is 5.94. The van der Waals surface area contributed by atoms with Gasteiger partial charge in [0.15, 0.2) is 0 Å². The number of carbonyl (C=O) groups excluding carboxylic acids is 1. The van der Waals surface area contributed by atoms with Crippen molar-refractivity contribution in [2.24, 2.45) is 5.73 Å². The van der Waals surface area contributed by atoms with E-state index in [1.54, 1.807) is 0 Å². The molecule has 0 spiro atoms. The first-order valence-corrected chi connectivity index (χ1v) is 8.30. The number of carbonyl (C=O) groups is 1. The van der Waals surface area contributed by atoms with Crippen molar-refractivity contribution in [2.75, 3.05) is 0 Å². The number of rotatable bonds is 3. The van der Waals surface area contributed by atoms with E-state index in [0.717, 1.165) is 33.7 Å². The Balaban J connectivity index is 2.25. The topological polar surface area (TPSA) is 55.1 Å². The molecule has 6 heteroatoms. The van der Waals surface area contributed by atoms with Crippen molar-refractivity contribution in [3.63, 3.8) is 0 Å². The standard InChI is InChI=1S/C13H14BrIN2OS/c14-10-4-3-8(15)7-9(10)11(18)17-13(12(16)19)5-1-2-6-13/h3-4,7H,1-2,5-6H2,(H2,16,19)(H,17,18). The number of thiocarbonyl (C=S) groups is 1. The first kappa shape index (κ1) is 15.2. The van der Waals surface area contributed by atoms with Crippen LogP contribution in [0.5, 0.6) is 0 Å². The number of amides is 1. The summed E-state index contributed by atoms with van der Waals surface area (Å²) in [7, 11) is 0. The SMILES string of the molecule is NC(=S)C1(NC(=O)c2cc(I)ccc2Br)CCCC1. The molecule has 3 nitrogen and oxygen atoms in total. The van der Waals surface area contributed by atoms with E-state index >= 15 is 0 Å². The first-order chi connectivity index (χ1) is 8.94.